The summed E-state index contributed by atoms with van der Waals surface area (Å²) >= 11 is 1.43. The molecule has 110 valence electrons. The van der Waals surface area contributed by atoms with Crippen LogP contribution in [0.5, 0.6) is 0 Å². The molecule has 0 bridgehead atoms. The van der Waals surface area contributed by atoms with E-state index in [1.165, 1.54) is 18.9 Å². The number of ether oxygens (including phenoxy) is 1. The zero-order valence-electron chi connectivity index (χ0n) is 11.8. The Hall–Kier alpha value is -2.22. The molecule has 1 aliphatic rings. The third kappa shape index (κ3) is 2.21. The van der Waals surface area contributed by atoms with Gasteiger partial charge in [0.15, 0.2) is 0 Å². The lowest BCUT2D eigenvalue weighted by Crippen LogP contribution is -2.29. The van der Waals surface area contributed by atoms with Crippen molar-refractivity contribution in [3.05, 3.63) is 35.4 Å². The maximum Gasteiger partial charge on any atom is 0.338 e. The van der Waals surface area contributed by atoms with Crippen molar-refractivity contribution in [2.75, 3.05) is 18.7 Å². The lowest BCUT2D eigenvalue weighted by atomic mass is 10.0. The Morgan fingerprint density at radius 3 is 3.00 bits per heavy atom. The number of nitrogens with zero attached hydrogens (tertiary/aromatic N) is 3. The van der Waals surface area contributed by atoms with Crippen molar-refractivity contribution in [3.8, 4) is 0 Å². The highest BCUT2D eigenvalue weighted by atomic mass is 32.2. The van der Waals surface area contributed by atoms with Gasteiger partial charge in [-0.25, -0.2) is 9.48 Å². The molecule has 3 rings (SSSR count). The lowest BCUT2D eigenvalue weighted by molar-refractivity contribution is -0.136. The number of anilines is 1. The quantitative estimate of drug-likeness (QED) is 0.686. The first-order valence-corrected chi connectivity index (χ1v) is 7.48. The van der Waals surface area contributed by atoms with Crippen LogP contribution in [0.25, 0.3) is 0 Å². The van der Waals surface area contributed by atoms with E-state index in [4.69, 9.17) is 9.15 Å². The topological polar surface area (TPSA) is 82.2 Å². The molecule has 0 saturated heterocycles. The van der Waals surface area contributed by atoms with E-state index in [1.807, 2.05) is 6.26 Å². The molecule has 0 aliphatic carbocycles. The minimum absolute atomic E-state index is 0.423. The van der Waals surface area contributed by atoms with E-state index in [2.05, 4.69) is 15.4 Å². The van der Waals surface area contributed by atoms with Crippen LogP contribution < -0.4 is 5.32 Å². The average Bonchev–Trinajstić information content (AvgIpc) is 3.13. The average molecular weight is 306 g/mol. The highest BCUT2D eigenvalue weighted by molar-refractivity contribution is 7.98. The van der Waals surface area contributed by atoms with Gasteiger partial charge in [-0.05, 0) is 25.3 Å². The van der Waals surface area contributed by atoms with Crippen LogP contribution in [0.15, 0.2) is 39.2 Å². The summed E-state index contributed by atoms with van der Waals surface area (Å²) in [6.45, 7) is 1.80. The van der Waals surface area contributed by atoms with Gasteiger partial charge >= 0.3 is 5.97 Å². The molecule has 2 aromatic rings. The van der Waals surface area contributed by atoms with Crippen LogP contribution in [0.2, 0.25) is 0 Å². The third-order valence-corrected chi connectivity index (χ3v) is 3.77. The van der Waals surface area contributed by atoms with E-state index >= 15 is 0 Å². The Labute approximate surface area is 125 Å². The van der Waals surface area contributed by atoms with E-state index in [0.29, 0.717) is 28.1 Å². The standard InChI is InChI=1S/C13H14N4O3S/c1-7-9(11(18)19-2)10(8-5-4-6-20-8)17-12(14-7)15-13(16-17)21-3/h4-6,10H,1-3H3,(H,14,15,16). The lowest BCUT2D eigenvalue weighted by Gasteiger charge is -2.25. The van der Waals surface area contributed by atoms with Crippen LogP contribution >= 0.6 is 11.8 Å². The predicted molar refractivity (Wildman–Crippen MR) is 77.0 cm³/mol. The number of aromatic nitrogens is 3. The van der Waals surface area contributed by atoms with Crippen molar-refractivity contribution in [2.45, 2.75) is 18.1 Å². The molecule has 21 heavy (non-hydrogen) atoms. The summed E-state index contributed by atoms with van der Waals surface area (Å²) in [6.07, 6.45) is 3.46. The minimum atomic E-state index is -0.489. The number of fused-ring (bicyclic) bond motifs is 1. The second-order valence-corrected chi connectivity index (χ2v) is 5.21. The van der Waals surface area contributed by atoms with Crippen molar-refractivity contribution in [2.24, 2.45) is 0 Å². The van der Waals surface area contributed by atoms with E-state index < -0.39 is 12.0 Å². The first-order valence-electron chi connectivity index (χ1n) is 6.25. The van der Waals surface area contributed by atoms with Gasteiger partial charge in [0.25, 0.3) is 0 Å². The molecule has 0 amide bonds. The number of esters is 1. The van der Waals surface area contributed by atoms with Crippen LogP contribution in [-0.4, -0.2) is 34.1 Å². The predicted octanol–water partition coefficient (Wildman–Crippen LogP) is 2.05. The number of thioether (sulfide) groups is 1. The smallest absolute Gasteiger partial charge is 0.338 e. The van der Waals surface area contributed by atoms with Gasteiger partial charge in [-0.3, -0.25) is 0 Å². The zero-order valence-corrected chi connectivity index (χ0v) is 12.6. The number of hydrogen-bond donors (Lipinski definition) is 1. The second-order valence-electron chi connectivity index (χ2n) is 4.44. The van der Waals surface area contributed by atoms with Gasteiger partial charge in [-0.2, -0.15) is 4.98 Å². The number of carbonyl (C=O) groups excluding carboxylic acids is 1. The zero-order chi connectivity index (χ0) is 15.0. The fourth-order valence-electron chi connectivity index (χ4n) is 2.30. The Kier molecular flexibility index (Phi) is 3.46. The first kappa shape index (κ1) is 13.7. The van der Waals surface area contributed by atoms with Crippen LogP contribution in [0.1, 0.15) is 18.7 Å². The maximum absolute atomic E-state index is 12.1. The van der Waals surface area contributed by atoms with Crippen molar-refractivity contribution < 1.29 is 13.9 Å². The number of rotatable bonds is 3. The molecule has 8 heteroatoms. The normalized spacial score (nSPS) is 17.4. The Morgan fingerprint density at radius 2 is 2.38 bits per heavy atom. The first-order chi connectivity index (χ1) is 10.2. The number of methoxy groups -OCH3 is 1. The van der Waals surface area contributed by atoms with Crippen LogP contribution in [0.4, 0.5) is 5.95 Å². The fraction of sp³-hybridized carbons (Fsp3) is 0.308. The Bertz CT molecular complexity index is 705. The molecule has 0 spiro atoms. The number of furan rings is 1. The van der Waals surface area contributed by atoms with Crippen molar-refractivity contribution >= 4 is 23.7 Å². The van der Waals surface area contributed by atoms with Crippen LogP contribution in [0.3, 0.4) is 0 Å². The van der Waals surface area contributed by atoms with Crippen molar-refractivity contribution in [1.29, 1.82) is 0 Å². The second kappa shape index (κ2) is 5.28. The summed E-state index contributed by atoms with van der Waals surface area (Å²) in [6, 6.07) is 3.08. The molecule has 0 saturated carbocycles. The number of hydrogen-bond acceptors (Lipinski definition) is 7. The van der Waals surface area contributed by atoms with E-state index in [-0.39, 0.29) is 0 Å². The highest BCUT2D eigenvalue weighted by Gasteiger charge is 2.36. The largest absolute Gasteiger partial charge is 0.467 e. The Balaban J connectivity index is 2.17. The minimum Gasteiger partial charge on any atom is -0.467 e. The molecule has 1 atom stereocenters. The molecule has 2 aromatic heterocycles. The van der Waals surface area contributed by atoms with E-state index in [0.717, 1.165) is 0 Å². The highest BCUT2D eigenvalue weighted by Crippen LogP contribution is 2.36. The summed E-state index contributed by atoms with van der Waals surface area (Å²) in [5, 5.41) is 8.12. The molecular weight excluding hydrogens is 292 g/mol. The van der Waals surface area contributed by atoms with Gasteiger partial charge < -0.3 is 14.5 Å². The van der Waals surface area contributed by atoms with Gasteiger partial charge in [-0.1, -0.05) is 11.8 Å². The van der Waals surface area contributed by atoms with E-state index in [9.17, 15) is 4.79 Å². The van der Waals surface area contributed by atoms with Crippen molar-refractivity contribution in [3.63, 3.8) is 0 Å². The molecule has 7 nitrogen and oxygen atoms in total. The summed E-state index contributed by atoms with van der Waals surface area (Å²) in [4.78, 5) is 16.5. The molecule has 3 heterocycles. The summed E-state index contributed by atoms with van der Waals surface area (Å²) < 4.78 is 12.0. The summed E-state index contributed by atoms with van der Waals surface area (Å²) in [5.41, 5.74) is 1.13. The third-order valence-electron chi connectivity index (χ3n) is 3.23. The molecule has 0 fully saturated rings. The van der Waals surface area contributed by atoms with Crippen LogP contribution in [0, 0.1) is 0 Å². The van der Waals surface area contributed by atoms with Gasteiger partial charge in [0.1, 0.15) is 11.8 Å². The number of carbonyl (C=O) groups is 1. The van der Waals surface area contributed by atoms with Gasteiger partial charge in [0.2, 0.25) is 11.1 Å². The van der Waals surface area contributed by atoms with Gasteiger partial charge in [-0.15, -0.1) is 5.10 Å². The molecular formula is C13H14N4O3S. The fourth-order valence-corrected chi connectivity index (χ4v) is 2.65. The molecule has 0 radical (unpaired) electrons. The molecule has 0 aromatic carbocycles. The van der Waals surface area contributed by atoms with Gasteiger partial charge in [0, 0.05) is 5.70 Å². The van der Waals surface area contributed by atoms with Crippen LogP contribution in [-0.2, 0) is 9.53 Å². The van der Waals surface area contributed by atoms with Crippen molar-refractivity contribution in [1.82, 2.24) is 14.8 Å². The number of nitrogens with one attached hydrogen (secondary N) is 1. The number of allylic oxidation sites excluding steroid dienone is 1. The maximum atomic E-state index is 12.1. The molecule has 1 unspecified atom stereocenters. The van der Waals surface area contributed by atoms with Gasteiger partial charge in [0.05, 0.1) is 18.9 Å². The monoisotopic (exact) mass is 306 g/mol. The Morgan fingerprint density at radius 1 is 1.57 bits per heavy atom. The SMILES string of the molecule is COC(=O)C1=C(C)Nc2nc(SC)nn2C1c1ccco1. The summed E-state index contributed by atoms with van der Waals surface area (Å²) in [5.74, 6) is 0.759. The summed E-state index contributed by atoms with van der Waals surface area (Å²) in [7, 11) is 1.35. The molecule has 1 aliphatic heterocycles. The van der Waals surface area contributed by atoms with E-state index in [1.54, 1.807) is 30.0 Å². The molecule has 1 N–H and O–H groups in total.